The molecular formula is C31H35N7O3. The van der Waals surface area contributed by atoms with Gasteiger partial charge in [-0.05, 0) is 74.3 Å². The number of carbonyl (C=O) groups excluding carboxylic acids is 1. The monoisotopic (exact) mass is 553 g/mol. The number of piperidine rings is 1. The number of aryl methyl sites for hydroxylation is 1. The summed E-state index contributed by atoms with van der Waals surface area (Å²) >= 11 is 0. The number of anilines is 3. The number of ketones is 1. The van der Waals surface area contributed by atoms with Crippen LogP contribution in [0, 0.1) is 6.92 Å². The van der Waals surface area contributed by atoms with Crippen LogP contribution in [-0.4, -0.2) is 48.5 Å². The maximum absolute atomic E-state index is 13.4. The third kappa shape index (κ3) is 5.31. The van der Waals surface area contributed by atoms with Crippen molar-refractivity contribution in [3.05, 3.63) is 75.5 Å². The molecule has 0 bridgehead atoms. The Morgan fingerprint density at radius 3 is 2.41 bits per heavy atom. The minimum absolute atomic E-state index is 0.00334. The number of Topliss-reactive ketones (excluding diaryl/α,β-unsaturated/α-hetero) is 1. The van der Waals surface area contributed by atoms with E-state index in [1.807, 2.05) is 24.4 Å². The van der Waals surface area contributed by atoms with Gasteiger partial charge in [0.15, 0.2) is 5.78 Å². The Bertz CT molecular complexity index is 1620. The number of hydrogen-bond donors (Lipinski definition) is 2. The van der Waals surface area contributed by atoms with E-state index in [2.05, 4.69) is 31.2 Å². The summed E-state index contributed by atoms with van der Waals surface area (Å²) in [6.45, 7) is 5.06. The lowest BCUT2D eigenvalue weighted by Crippen LogP contribution is -2.33. The molecule has 0 radical (unpaired) electrons. The third-order valence-electron chi connectivity index (χ3n) is 8.56. The van der Waals surface area contributed by atoms with Crippen molar-refractivity contribution in [2.45, 2.75) is 70.9 Å². The fraction of sp³-hybridized carbons (Fsp3) is 0.419. The smallest absolute Gasteiger partial charge is 0.263 e. The maximum atomic E-state index is 13.4. The third-order valence-corrected chi connectivity index (χ3v) is 8.56. The largest absolute Gasteiger partial charge is 0.392 e. The second kappa shape index (κ2) is 11.4. The number of rotatable bonds is 7. The Kier molecular flexibility index (Phi) is 7.49. The molecule has 6 rings (SSSR count). The van der Waals surface area contributed by atoms with E-state index in [9.17, 15) is 14.7 Å². The molecule has 2 N–H and O–H groups in total. The highest BCUT2D eigenvalue weighted by Crippen LogP contribution is 2.33. The topological polar surface area (TPSA) is 126 Å². The molecular weight excluding hydrogens is 518 g/mol. The molecule has 1 saturated carbocycles. The molecule has 2 fully saturated rings. The summed E-state index contributed by atoms with van der Waals surface area (Å²) in [5.41, 5.74) is 3.17. The van der Waals surface area contributed by atoms with Crippen LogP contribution in [0.1, 0.15) is 84.5 Å². The lowest BCUT2D eigenvalue weighted by atomic mass is 9.90. The SMILES string of the molecule is CC(=O)c1c(C)c2cnc(Nc3ccc(C4CCN(c5ccc(CO)cn5)CC4)cn3)nc2n(C2CCCC2)c1=O. The van der Waals surface area contributed by atoms with Gasteiger partial charge in [0.05, 0.1) is 12.2 Å². The Balaban J connectivity index is 1.19. The highest BCUT2D eigenvalue weighted by Gasteiger charge is 2.26. The summed E-state index contributed by atoms with van der Waals surface area (Å²) in [6, 6.07) is 7.97. The number of hydrogen-bond acceptors (Lipinski definition) is 9. The lowest BCUT2D eigenvalue weighted by molar-refractivity contribution is 0.101. The molecule has 10 nitrogen and oxygen atoms in total. The van der Waals surface area contributed by atoms with Crippen molar-refractivity contribution in [1.29, 1.82) is 0 Å². The number of carbonyl (C=O) groups is 1. The molecule has 4 aromatic heterocycles. The molecule has 0 unspecified atom stereocenters. The van der Waals surface area contributed by atoms with Crippen LogP contribution in [-0.2, 0) is 6.61 Å². The predicted molar refractivity (Wildman–Crippen MR) is 158 cm³/mol. The van der Waals surface area contributed by atoms with E-state index < -0.39 is 0 Å². The Morgan fingerprint density at radius 2 is 1.78 bits per heavy atom. The number of aromatic nitrogens is 5. The summed E-state index contributed by atoms with van der Waals surface area (Å²) < 4.78 is 1.72. The highest BCUT2D eigenvalue weighted by atomic mass is 16.3. The van der Waals surface area contributed by atoms with Gasteiger partial charge in [-0.25, -0.2) is 15.0 Å². The van der Waals surface area contributed by atoms with Gasteiger partial charge < -0.3 is 15.3 Å². The molecule has 0 aromatic carbocycles. The predicted octanol–water partition coefficient (Wildman–Crippen LogP) is 4.83. The van der Waals surface area contributed by atoms with Crippen LogP contribution in [0.15, 0.2) is 47.7 Å². The van der Waals surface area contributed by atoms with Crippen LogP contribution in [0.2, 0.25) is 0 Å². The van der Waals surface area contributed by atoms with Crippen molar-refractivity contribution in [2.75, 3.05) is 23.3 Å². The minimum Gasteiger partial charge on any atom is -0.392 e. The quantitative estimate of drug-likeness (QED) is 0.310. The van der Waals surface area contributed by atoms with Gasteiger partial charge in [0.25, 0.3) is 5.56 Å². The number of nitrogens with one attached hydrogen (secondary N) is 1. The Labute approximate surface area is 238 Å². The van der Waals surface area contributed by atoms with E-state index in [-0.39, 0.29) is 29.6 Å². The molecule has 4 aromatic rings. The van der Waals surface area contributed by atoms with E-state index in [0.29, 0.717) is 28.9 Å². The van der Waals surface area contributed by atoms with Crippen molar-refractivity contribution in [1.82, 2.24) is 24.5 Å². The fourth-order valence-electron chi connectivity index (χ4n) is 6.28. The zero-order valence-corrected chi connectivity index (χ0v) is 23.5. The first-order valence-corrected chi connectivity index (χ1v) is 14.4. The number of aliphatic hydroxyl groups excluding tert-OH is 1. The normalized spacial score (nSPS) is 16.4. The van der Waals surface area contributed by atoms with Crippen molar-refractivity contribution < 1.29 is 9.90 Å². The Hall–Kier alpha value is -4.18. The highest BCUT2D eigenvalue weighted by molar-refractivity contribution is 5.99. The molecule has 1 aliphatic carbocycles. The van der Waals surface area contributed by atoms with E-state index in [4.69, 9.17) is 4.98 Å². The van der Waals surface area contributed by atoms with Gasteiger partial charge in [-0.1, -0.05) is 25.0 Å². The van der Waals surface area contributed by atoms with E-state index in [1.54, 1.807) is 23.9 Å². The second-order valence-electron chi connectivity index (χ2n) is 11.1. The molecule has 10 heteroatoms. The lowest BCUT2D eigenvalue weighted by Gasteiger charge is -2.33. The number of pyridine rings is 3. The van der Waals surface area contributed by atoms with Gasteiger partial charge in [0, 0.05) is 43.1 Å². The second-order valence-corrected chi connectivity index (χ2v) is 11.1. The molecule has 0 atom stereocenters. The van der Waals surface area contributed by atoms with Gasteiger partial charge in [0.1, 0.15) is 17.3 Å². The molecule has 5 heterocycles. The summed E-state index contributed by atoms with van der Waals surface area (Å²) in [4.78, 5) is 46.5. The molecule has 0 spiro atoms. The van der Waals surface area contributed by atoms with E-state index in [0.717, 1.165) is 68.4 Å². The zero-order chi connectivity index (χ0) is 28.5. The van der Waals surface area contributed by atoms with Gasteiger partial charge in [-0.2, -0.15) is 4.98 Å². The van der Waals surface area contributed by atoms with E-state index >= 15 is 0 Å². The number of fused-ring (bicyclic) bond motifs is 1. The van der Waals surface area contributed by atoms with Gasteiger partial charge in [0.2, 0.25) is 5.95 Å². The number of aliphatic hydroxyl groups is 1. The maximum Gasteiger partial charge on any atom is 0.263 e. The zero-order valence-electron chi connectivity index (χ0n) is 23.5. The first-order valence-electron chi connectivity index (χ1n) is 14.4. The van der Waals surface area contributed by atoms with Crippen LogP contribution < -0.4 is 15.8 Å². The molecule has 41 heavy (non-hydrogen) atoms. The first kappa shape index (κ1) is 27.0. The van der Waals surface area contributed by atoms with Crippen LogP contribution >= 0.6 is 0 Å². The molecule has 0 amide bonds. The molecule has 1 saturated heterocycles. The van der Waals surface area contributed by atoms with Crippen molar-refractivity contribution in [3.8, 4) is 0 Å². The average molecular weight is 554 g/mol. The molecule has 1 aliphatic heterocycles. The van der Waals surface area contributed by atoms with Gasteiger partial charge in [-0.3, -0.25) is 14.2 Å². The summed E-state index contributed by atoms with van der Waals surface area (Å²) in [5.74, 6) is 2.13. The molecule has 2 aliphatic rings. The summed E-state index contributed by atoms with van der Waals surface area (Å²) in [5, 5.41) is 13.2. The average Bonchev–Trinajstić information content (AvgIpc) is 3.52. The summed E-state index contributed by atoms with van der Waals surface area (Å²) in [7, 11) is 0. The van der Waals surface area contributed by atoms with Crippen LogP contribution in [0.4, 0.5) is 17.6 Å². The molecule has 212 valence electrons. The summed E-state index contributed by atoms with van der Waals surface area (Å²) in [6.07, 6.45) is 11.3. The fourth-order valence-corrected chi connectivity index (χ4v) is 6.28. The van der Waals surface area contributed by atoms with Crippen molar-refractivity contribution in [2.24, 2.45) is 0 Å². The van der Waals surface area contributed by atoms with Crippen LogP contribution in [0.25, 0.3) is 11.0 Å². The van der Waals surface area contributed by atoms with Gasteiger partial charge >= 0.3 is 0 Å². The standard InChI is InChI=1S/C31H35N7O3/c1-19-25-17-34-31(36-29(25)38(24-5-3-4-6-24)30(41)28(19)20(2)40)35-26-9-8-23(16-32-26)22-11-13-37(14-12-22)27-10-7-21(18-39)15-33-27/h7-10,15-17,22,24,39H,3-6,11-14,18H2,1-2H3,(H,32,34,35,36). The number of nitrogens with zero attached hydrogens (tertiary/aromatic N) is 6. The Morgan fingerprint density at radius 1 is 1.00 bits per heavy atom. The van der Waals surface area contributed by atoms with Crippen LogP contribution in [0.5, 0.6) is 0 Å². The van der Waals surface area contributed by atoms with Crippen LogP contribution in [0.3, 0.4) is 0 Å². The minimum atomic E-state index is -0.259. The van der Waals surface area contributed by atoms with Gasteiger partial charge in [-0.15, -0.1) is 0 Å². The first-order chi connectivity index (χ1) is 19.9. The van der Waals surface area contributed by atoms with Crippen molar-refractivity contribution in [3.63, 3.8) is 0 Å². The van der Waals surface area contributed by atoms with Crippen molar-refractivity contribution >= 4 is 34.4 Å². The van der Waals surface area contributed by atoms with E-state index in [1.165, 1.54) is 12.5 Å².